The van der Waals surface area contributed by atoms with Crippen molar-refractivity contribution in [3.63, 3.8) is 0 Å². The number of carboxylic acids is 1. The van der Waals surface area contributed by atoms with Crippen LogP contribution in [0.5, 0.6) is 0 Å². The summed E-state index contributed by atoms with van der Waals surface area (Å²) in [4.78, 5) is 40.4. The van der Waals surface area contributed by atoms with Crippen LogP contribution >= 0.6 is 12.2 Å². The summed E-state index contributed by atoms with van der Waals surface area (Å²) >= 11 is 5.13. The summed E-state index contributed by atoms with van der Waals surface area (Å²) in [7, 11) is -4.30. The van der Waals surface area contributed by atoms with E-state index >= 15 is 0 Å². The van der Waals surface area contributed by atoms with E-state index in [4.69, 9.17) is 17.3 Å². The molecule has 0 saturated heterocycles. The number of thiocarbonyl (C=S) groups is 1. The Morgan fingerprint density at radius 3 is 2.49 bits per heavy atom. The number of nitrogens with one attached hydrogen (secondary N) is 6. The minimum atomic E-state index is -4.30. The molecule has 2 amide bonds. The van der Waals surface area contributed by atoms with Gasteiger partial charge in [-0.3, -0.25) is 14.4 Å². The van der Waals surface area contributed by atoms with Crippen LogP contribution in [0, 0.1) is 5.82 Å². The van der Waals surface area contributed by atoms with E-state index in [2.05, 4.69) is 31.0 Å². The molecule has 1 aliphatic carbocycles. The van der Waals surface area contributed by atoms with Gasteiger partial charge in [0.05, 0.1) is 11.3 Å². The van der Waals surface area contributed by atoms with Crippen LogP contribution in [-0.2, 0) is 30.8 Å². The monoisotopic (exact) mass is 660 g/mol. The summed E-state index contributed by atoms with van der Waals surface area (Å²) in [6, 6.07) is 9.85. The molecular formula is C30H37FN6O6S2. The lowest BCUT2D eigenvalue weighted by Gasteiger charge is -2.23. The Morgan fingerprint density at radius 1 is 1.00 bits per heavy atom. The van der Waals surface area contributed by atoms with E-state index in [-0.39, 0.29) is 47.8 Å². The summed E-state index contributed by atoms with van der Waals surface area (Å²) in [5.41, 5.74) is 1.70. The second kappa shape index (κ2) is 15.8. The van der Waals surface area contributed by atoms with Crippen molar-refractivity contribution in [2.45, 2.75) is 68.0 Å². The van der Waals surface area contributed by atoms with Crippen LogP contribution < -0.4 is 26.0 Å². The maximum atomic E-state index is 13.9. The molecule has 12 nitrogen and oxygen atoms in total. The van der Waals surface area contributed by atoms with Gasteiger partial charge in [-0.15, -0.1) is 0 Å². The zero-order valence-electron chi connectivity index (χ0n) is 24.5. The van der Waals surface area contributed by atoms with Crippen LogP contribution in [0.4, 0.5) is 4.39 Å². The Bertz CT molecular complexity index is 1630. The van der Waals surface area contributed by atoms with Crippen molar-refractivity contribution in [2.24, 2.45) is 0 Å². The van der Waals surface area contributed by atoms with E-state index in [0.29, 0.717) is 19.4 Å². The number of carbonyl (C=O) groups is 3. The third-order valence-corrected chi connectivity index (χ3v) is 8.96. The molecule has 1 aliphatic rings. The van der Waals surface area contributed by atoms with Gasteiger partial charge >= 0.3 is 5.97 Å². The van der Waals surface area contributed by atoms with E-state index in [9.17, 15) is 27.2 Å². The average Bonchev–Trinajstić information content (AvgIpc) is 3.72. The molecule has 0 aliphatic heterocycles. The molecule has 0 bridgehead atoms. The fourth-order valence-corrected chi connectivity index (χ4v) is 6.15. The molecule has 1 heterocycles. The van der Waals surface area contributed by atoms with Crippen LogP contribution in [0.1, 0.15) is 44.1 Å². The molecule has 1 saturated carbocycles. The third-order valence-electron chi connectivity index (χ3n) is 7.21. The van der Waals surface area contributed by atoms with Gasteiger partial charge in [0, 0.05) is 42.7 Å². The van der Waals surface area contributed by atoms with Gasteiger partial charge in [-0.1, -0.05) is 24.3 Å². The number of carbonyl (C=O) groups excluding carboxylic acids is 2. The maximum Gasteiger partial charge on any atom is 0.305 e. The molecule has 0 radical (unpaired) electrons. The standard InChI is InChI=1S/C30H37FN6O6S2/c31-20-6-5-7-22(17-20)45(42,43)37-25(10-3-4-14-32-30(44)33-15-13-27(38)39)28(40)36-26(29(41)35-21-11-12-21)16-19-18-34-24-9-2-1-8-23(19)24/h1-2,5-9,17-18,21,25-26,34,37H,3-4,10-16H2,(H,35,41)(H,36,40)(H,38,39)(H2,32,33,44)/t25-,26-/m0/s1. The number of amides is 2. The number of para-hydroxylation sites is 1. The molecule has 1 fully saturated rings. The molecule has 2 aromatic carbocycles. The molecule has 15 heteroatoms. The van der Waals surface area contributed by atoms with Crippen molar-refractivity contribution in [3.8, 4) is 0 Å². The minimum Gasteiger partial charge on any atom is -0.481 e. The van der Waals surface area contributed by atoms with E-state index in [0.717, 1.165) is 41.4 Å². The van der Waals surface area contributed by atoms with Crippen molar-refractivity contribution in [1.29, 1.82) is 0 Å². The Hall–Kier alpha value is -4.08. The maximum absolute atomic E-state index is 13.9. The van der Waals surface area contributed by atoms with E-state index in [1.54, 1.807) is 6.20 Å². The molecule has 242 valence electrons. The van der Waals surface area contributed by atoms with Crippen LogP contribution in [-0.4, -0.2) is 72.6 Å². The molecule has 7 N–H and O–H groups in total. The number of rotatable bonds is 17. The van der Waals surface area contributed by atoms with Gasteiger partial charge in [0.2, 0.25) is 21.8 Å². The predicted molar refractivity (Wildman–Crippen MR) is 170 cm³/mol. The minimum absolute atomic E-state index is 0.0411. The topological polar surface area (TPSA) is 182 Å². The molecular weight excluding hydrogens is 623 g/mol. The third kappa shape index (κ3) is 10.5. The van der Waals surface area contributed by atoms with Crippen molar-refractivity contribution < 1.29 is 32.3 Å². The van der Waals surface area contributed by atoms with E-state index in [1.165, 1.54) is 12.1 Å². The number of hydrogen-bond donors (Lipinski definition) is 7. The van der Waals surface area contributed by atoms with Gasteiger partial charge in [0.15, 0.2) is 5.11 Å². The Balaban J connectivity index is 1.45. The molecule has 2 atom stereocenters. The highest BCUT2D eigenvalue weighted by Gasteiger charge is 2.32. The number of carboxylic acid groups (broad SMARTS) is 1. The molecule has 3 aromatic rings. The van der Waals surface area contributed by atoms with Crippen molar-refractivity contribution in [2.75, 3.05) is 13.1 Å². The second-order valence-corrected chi connectivity index (χ2v) is 13.0. The summed E-state index contributed by atoms with van der Waals surface area (Å²) in [6.45, 7) is 0.552. The van der Waals surface area contributed by atoms with Gasteiger partial charge in [-0.25, -0.2) is 12.8 Å². The number of aromatic amines is 1. The van der Waals surface area contributed by atoms with E-state index in [1.807, 2.05) is 24.3 Å². The van der Waals surface area contributed by atoms with E-state index < -0.39 is 39.8 Å². The summed E-state index contributed by atoms with van der Waals surface area (Å²) in [5.74, 6) is -2.75. The largest absolute Gasteiger partial charge is 0.481 e. The van der Waals surface area contributed by atoms with Crippen molar-refractivity contribution in [1.82, 2.24) is 31.0 Å². The zero-order chi connectivity index (χ0) is 32.4. The smallest absolute Gasteiger partial charge is 0.305 e. The Kier molecular flexibility index (Phi) is 11.8. The van der Waals surface area contributed by atoms with Crippen molar-refractivity contribution in [3.05, 3.63) is 66.1 Å². The van der Waals surface area contributed by atoms with Crippen molar-refractivity contribution >= 4 is 56.0 Å². The normalized spacial score (nSPS) is 14.3. The first-order valence-corrected chi connectivity index (χ1v) is 16.6. The van der Waals surface area contributed by atoms with Gasteiger partial charge < -0.3 is 31.4 Å². The fraction of sp³-hybridized carbons (Fsp3) is 0.400. The number of unbranched alkanes of at least 4 members (excludes halogenated alkanes) is 1. The van der Waals surface area contributed by atoms with Crippen LogP contribution in [0.2, 0.25) is 0 Å². The van der Waals surface area contributed by atoms with Crippen LogP contribution in [0.25, 0.3) is 10.9 Å². The number of fused-ring (bicyclic) bond motifs is 1. The first-order chi connectivity index (χ1) is 21.5. The predicted octanol–water partition coefficient (Wildman–Crippen LogP) is 2.07. The number of H-pyrrole nitrogens is 1. The lowest BCUT2D eigenvalue weighted by atomic mass is 10.0. The van der Waals surface area contributed by atoms with Gasteiger partial charge in [0.25, 0.3) is 0 Å². The molecule has 45 heavy (non-hydrogen) atoms. The Morgan fingerprint density at radius 2 is 1.76 bits per heavy atom. The van der Waals surface area contributed by atoms with Gasteiger partial charge in [-0.05, 0) is 74.2 Å². The first kappa shape index (κ1) is 33.8. The summed E-state index contributed by atoms with van der Waals surface area (Å²) in [5, 5.41) is 21.3. The molecule has 0 unspecified atom stereocenters. The molecule has 1 aromatic heterocycles. The second-order valence-electron chi connectivity index (χ2n) is 10.9. The Labute approximate surface area is 266 Å². The highest BCUT2D eigenvalue weighted by molar-refractivity contribution is 7.89. The van der Waals surface area contributed by atoms with Gasteiger partial charge in [-0.2, -0.15) is 4.72 Å². The number of benzene rings is 2. The SMILES string of the molecule is O=C(O)CCNC(=S)NCCCC[C@H](NS(=O)(=O)c1cccc(F)c1)C(=O)N[C@@H](Cc1c[nH]c2ccccc12)C(=O)NC1CC1. The fourth-order valence-electron chi connectivity index (χ4n) is 4.69. The van der Waals surface area contributed by atoms with Crippen LogP contribution in [0.15, 0.2) is 59.6 Å². The summed E-state index contributed by atoms with van der Waals surface area (Å²) < 4.78 is 42.6. The lowest BCUT2D eigenvalue weighted by Crippen LogP contribution is -2.54. The molecule has 4 rings (SSSR count). The van der Waals surface area contributed by atoms with Crippen LogP contribution in [0.3, 0.4) is 0 Å². The number of sulfonamides is 1. The number of aliphatic carboxylic acids is 1. The number of aromatic nitrogens is 1. The number of halogens is 1. The highest BCUT2D eigenvalue weighted by atomic mass is 32.2. The molecule has 0 spiro atoms. The quantitative estimate of drug-likeness (QED) is 0.0843. The lowest BCUT2D eigenvalue weighted by molar-refractivity contribution is -0.136. The highest BCUT2D eigenvalue weighted by Crippen LogP contribution is 2.22. The zero-order valence-corrected chi connectivity index (χ0v) is 26.1. The summed E-state index contributed by atoms with van der Waals surface area (Å²) in [6.07, 6.45) is 4.52. The van der Waals surface area contributed by atoms with Gasteiger partial charge in [0.1, 0.15) is 17.9 Å². The average molecular weight is 661 g/mol. The number of hydrogen-bond acceptors (Lipinski definition) is 6. The first-order valence-electron chi connectivity index (χ1n) is 14.7.